The van der Waals surface area contributed by atoms with Gasteiger partial charge in [-0.3, -0.25) is 0 Å². The molecule has 0 unspecified atom stereocenters. The summed E-state index contributed by atoms with van der Waals surface area (Å²) in [5.74, 6) is 0. The van der Waals surface area contributed by atoms with Crippen LogP contribution in [0, 0.1) is 0 Å². The molecule has 0 spiro atoms. The summed E-state index contributed by atoms with van der Waals surface area (Å²) in [6, 6.07) is 0. The van der Waals surface area contributed by atoms with Crippen LogP contribution in [-0.4, -0.2) is 5.11 Å². The lowest BCUT2D eigenvalue weighted by atomic mass is 10.1. The SMILES string of the molecule is CCCCCCCCCCCC\C=C/C=C\C=C/C=C\O. The quantitative estimate of drug-likeness (QED) is 0.207. The van der Waals surface area contributed by atoms with Gasteiger partial charge in [-0.05, 0) is 18.9 Å². The molecule has 0 aromatic carbocycles. The molecule has 0 fully saturated rings. The minimum Gasteiger partial charge on any atom is -0.516 e. The summed E-state index contributed by atoms with van der Waals surface area (Å²) >= 11 is 0. The van der Waals surface area contributed by atoms with Gasteiger partial charge in [-0.1, -0.05) is 101 Å². The predicted octanol–water partition coefficient (Wildman–Crippen LogP) is 7.04. The topological polar surface area (TPSA) is 20.2 Å². The fourth-order valence-corrected chi connectivity index (χ4v) is 2.23. The third kappa shape index (κ3) is 18.8. The first-order valence-corrected chi connectivity index (χ1v) is 8.71. The molecule has 1 heteroatoms. The van der Waals surface area contributed by atoms with Crippen molar-refractivity contribution in [3.8, 4) is 0 Å². The molecule has 0 saturated heterocycles. The highest BCUT2D eigenvalue weighted by atomic mass is 16.2. The van der Waals surface area contributed by atoms with Crippen molar-refractivity contribution >= 4 is 0 Å². The average molecular weight is 290 g/mol. The Hall–Kier alpha value is -1.24. The molecule has 0 amide bonds. The van der Waals surface area contributed by atoms with Crippen molar-refractivity contribution in [1.29, 1.82) is 0 Å². The molecular formula is C20H34O. The zero-order valence-electron chi connectivity index (χ0n) is 13.8. The molecule has 120 valence electrons. The van der Waals surface area contributed by atoms with E-state index in [9.17, 15) is 0 Å². The number of unbranched alkanes of at least 4 members (excludes halogenated alkanes) is 10. The van der Waals surface area contributed by atoms with E-state index in [0.717, 1.165) is 6.26 Å². The van der Waals surface area contributed by atoms with Crippen LogP contribution < -0.4 is 0 Å². The molecule has 0 radical (unpaired) electrons. The lowest BCUT2D eigenvalue weighted by molar-refractivity contribution is 0.474. The molecule has 1 nitrogen and oxygen atoms in total. The number of rotatable bonds is 14. The molecule has 0 saturated carbocycles. The number of aliphatic hydroxyl groups excluding tert-OH is 1. The molecule has 0 bridgehead atoms. The van der Waals surface area contributed by atoms with Crippen LogP contribution in [0.3, 0.4) is 0 Å². The van der Waals surface area contributed by atoms with E-state index in [1.54, 1.807) is 12.2 Å². The fourth-order valence-electron chi connectivity index (χ4n) is 2.23. The summed E-state index contributed by atoms with van der Waals surface area (Å²) in [6.07, 6.45) is 29.8. The highest BCUT2D eigenvalue weighted by molar-refractivity contribution is 5.14. The van der Waals surface area contributed by atoms with Crippen molar-refractivity contribution in [2.75, 3.05) is 0 Å². The fraction of sp³-hybridized carbons (Fsp3) is 0.600. The maximum Gasteiger partial charge on any atom is 0.0791 e. The van der Waals surface area contributed by atoms with E-state index in [1.807, 2.05) is 18.2 Å². The maximum absolute atomic E-state index is 8.42. The van der Waals surface area contributed by atoms with Gasteiger partial charge in [0.25, 0.3) is 0 Å². The van der Waals surface area contributed by atoms with E-state index in [-0.39, 0.29) is 0 Å². The summed E-state index contributed by atoms with van der Waals surface area (Å²) in [6.45, 7) is 2.27. The van der Waals surface area contributed by atoms with E-state index in [2.05, 4.69) is 19.1 Å². The summed E-state index contributed by atoms with van der Waals surface area (Å²) < 4.78 is 0. The molecule has 0 aliphatic carbocycles. The number of hydrogen-bond acceptors (Lipinski definition) is 1. The Morgan fingerprint density at radius 3 is 1.62 bits per heavy atom. The molecule has 0 aliphatic rings. The summed E-state index contributed by atoms with van der Waals surface area (Å²) in [5.41, 5.74) is 0. The third-order valence-corrected chi connectivity index (χ3v) is 3.50. The van der Waals surface area contributed by atoms with Crippen molar-refractivity contribution in [1.82, 2.24) is 0 Å². The molecule has 1 N–H and O–H groups in total. The van der Waals surface area contributed by atoms with Crippen LogP contribution >= 0.6 is 0 Å². The normalized spacial score (nSPS) is 12.6. The van der Waals surface area contributed by atoms with Crippen molar-refractivity contribution in [3.63, 3.8) is 0 Å². The first-order valence-electron chi connectivity index (χ1n) is 8.71. The van der Waals surface area contributed by atoms with Crippen LogP contribution in [0.5, 0.6) is 0 Å². The van der Waals surface area contributed by atoms with Crippen LogP contribution in [0.4, 0.5) is 0 Å². The second-order valence-corrected chi connectivity index (χ2v) is 5.51. The van der Waals surface area contributed by atoms with Gasteiger partial charge < -0.3 is 5.11 Å². The Kier molecular flexibility index (Phi) is 17.7. The molecule has 0 atom stereocenters. The Morgan fingerprint density at radius 1 is 0.571 bits per heavy atom. The maximum atomic E-state index is 8.42. The lowest BCUT2D eigenvalue weighted by Gasteiger charge is -2.01. The van der Waals surface area contributed by atoms with Crippen molar-refractivity contribution < 1.29 is 5.11 Å². The van der Waals surface area contributed by atoms with E-state index >= 15 is 0 Å². The van der Waals surface area contributed by atoms with Crippen LogP contribution in [-0.2, 0) is 0 Å². The molecule has 0 aliphatic heterocycles. The van der Waals surface area contributed by atoms with Gasteiger partial charge in [0.15, 0.2) is 0 Å². The molecular weight excluding hydrogens is 256 g/mol. The van der Waals surface area contributed by atoms with Gasteiger partial charge >= 0.3 is 0 Å². The van der Waals surface area contributed by atoms with Crippen molar-refractivity contribution in [3.05, 3.63) is 48.8 Å². The largest absolute Gasteiger partial charge is 0.516 e. The van der Waals surface area contributed by atoms with E-state index in [4.69, 9.17) is 5.11 Å². The second kappa shape index (κ2) is 18.8. The molecule has 21 heavy (non-hydrogen) atoms. The first kappa shape index (κ1) is 19.8. The Labute approximate surface area is 132 Å². The van der Waals surface area contributed by atoms with Crippen LogP contribution in [0.1, 0.15) is 77.6 Å². The van der Waals surface area contributed by atoms with Crippen molar-refractivity contribution in [2.24, 2.45) is 0 Å². The van der Waals surface area contributed by atoms with E-state index in [1.165, 1.54) is 70.6 Å². The number of aliphatic hydroxyl groups is 1. The van der Waals surface area contributed by atoms with E-state index in [0.29, 0.717) is 0 Å². The first-order chi connectivity index (χ1) is 10.4. The molecule has 0 aromatic heterocycles. The Morgan fingerprint density at radius 2 is 1.05 bits per heavy atom. The molecule has 0 rings (SSSR count). The van der Waals surface area contributed by atoms with Crippen LogP contribution in [0.25, 0.3) is 0 Å². The summed E-state index contributed by atoms with van der Waals surface area (Å²) in [7, 11) is 0. The highest BCUT2D eigenvalue weighted by Crippen LogP contribution is 2.11. The third-order valence-electron chi connectivity index (χ3n) is 3.50. The lowest BCUT2D eigenvalue weighted by Crippen LogP contribution is -1.81. The monoisotopic (exact) mass is 290 g/mol. The number of hydrogen-bond donors (Lipinski definition) is 1. The Bertz CT molecular complexity index is 297. The van der Waals surface area contributed by atoms with Gasteiger partial charge in [0.1, 0.15) is 0 Å². The van der Waals surface area contributed by atoms with Gasteiger partial charge in [-0.15, -0.1) is 0 Å². The second-order valence-electron chi connectivity index (χ2n) is 5.51. The van der Waals surface area contributed by atoms with Crippen molar-refractivity contribution in [2.45, 2.75) is 77.6 Å². The van der Waals surface area contributed by atoms with Gasteiger partial charge in [0.05, 0.1) is 6.26 Å². The summed E-state index contributed by atoms with van der Waals surface area (Å²) in [4.78, 5) is 0. The highest BCUT2D eigenvalue weighted by Gasteiger charge is 1.91. The van der Waals surface area contributed by atoms with Crippen LogP contribution in [0.2, 0.25) is 0 Å². The van der Waals surface area contributed by atoms with Gasteiger partial charge in [0.2, 0.25) is 0 Å². The van der Waals surface area contributed by atoms with Crippen LogP contribution in [0.15, 0.2) is 48.8 Å². The number of allylic oxidation sites excluding steroid dienone is 7. The standard InChI is InChI=1S/C20H34O/c1-2-3-4-5-6-7-8-9-10-11-12-13-14-15-16-17-18-19-20-21/h13-21H,2-12H2,1H3/b14-13-,16-15-,18-17-,20-19-. The molecule has 0 aromatic rings. The average Bonchev–Trinajstić information content (AvgIpc) is 2.50. The zero-order chi connectivity index (χ0) is 15.4. The Balaban J connectivity index is 3.21. The summed E-state index contributed by atoms with van der Waals surface area (Å²) in [5, 5.41) is 8.42. The molecule has 0 heterocycles. The smallest absolute Gasteiger partial charge is 0.0791 e. The van der Waals surface area contributed by atoms with Gasteiger partial charge in [-0.25, -0.2) is 0 Å². The minimum absolute atomic E-state index is 1.03. The zero-order valence-corrected chi connectivity index (χ0v) is 13.8. The van der Waals surface area contributed by atoms with Gasteiger partial charge in [-0.2, -0.15) is 0 Å². The van der Waals surface area contributed by atoms with Gasteiger partial charge in [0, 0.05) is 0 Å². The van der Waals surface area contributed by atoms with E-state index < -0.39 is 0 Å². The predicted molar refractivity (Wildman–Crippen MR) is 95.6 cm³/mol. The minimum atomic E-state index is 1.03.